The van der Waals surface area contributed by atoms with Crippen molar-refractivity contribution in [2.24, 2.45) is 0 Å². The molecule has 0 radical (unpaired) electrons. The van der Waals surface area contributed by atoms with E-state index in [1.165, 1.54) is 5.56 Å². The molecule has 0 spiro atoms. The first-order chi connectivity index (χ1) is 12.7. The molecule has 3 aromatic rings. The number of fused-ring (bicyclic) bond motifs is 2. The van der Waals surface area contributed by atoms with Crippen LogP contribution in [-0.2, 0) is 11.2 Å². The van der Waals surface area contributed by atoms with E-state index in [0.717, 1.165) is 35.2 Å². The fourth-order valence-corrected chi connectivity index (χ4v) is 3.12. The third-order valence-corrected chi connectivity index (χ3v) is 4.42. The maximum absolute atomic E-state index is 12.3. The second kappa shape index (κ2) is 6.87. The molecule has 7 nitrogen and oxygen atoms in total. The van der Waals surface area contributed by atoms with E-state index in [9.17, 15) is 9.59 Å². The molecule has 132 valence electrons. The van der Waals surface area contributed by atoms with E-state index < -0.39 is 0 Å². The van der Waals surface area contributed by atoms with Crippen LogP contribution in [0.4, 0.5) is 11.4 Å². The second-order valence-electron chi connectivity index (χ2n) is 6.22. The summed E-state index contributed by atoms with van der Waals surface area (Å²) in [5.74, 6) is -0.429. The number of anilines is 2. The number of rotatable bonds is 5. The van der Waals surface area contributed by atoms with E-state index in [-0.39, 0.29) is 24.8 Å². The third kappa shape index (κ3) is 3.23. The van der Waals surface area contributed by atoms with Crippen LogP contribution in [0, 0.1) is 0 Å². The van der Waals surface area contributed by atoms with Crippen LogP contribution in [0.5, 0.6) is 0 Å². The topological polar surface area (TPSA) is 98.9 Å². The average Bonchev–Trinajstić information content (AvgIpc) is 3.28. The van der Waals surface area contributed by atoms with Crippen molar-refractivity contribution in [3.8, 4) is 0 Å². The molecular formula is C19H19N5O2. The number of aromatic nitrogens is 2. The Hall–Kier alpha value is -3.35. The largest absolute Gasteiger partial charge is 0.384 e. The highest BCUT2D eigenvalue weighted by Crippen LogP contribution is 2.25. The maximum atomic E-state index is 12.3. The number of H-pyrrole nitrogens is 1. The first-order valence-electron chi connectivity index (χ1n) is 8.59. The minimum absolute atomic E-state index is 0.136. The average molecular weight is 349 g/mol. The van der Waals surface area contributed by atoms with Crippen molar-refractivity contribution in [1.29, 1.82) is 0 Å². The van der Waals surface area contributed by atoms with Gasteiger partial charge in [-0.25, -0.2) is 0 Å². The van der Waals surface area contributed by atoms with Gasteiger partial charge in [0.25, 0.3) is 5.91 Å². The van der Waals surface area contributed by atoms with E-state index >= 15 is 0 Å². The molecule has 0 fully saturated rings. The summed E-state index contributed by atoms with van der Waals surface area (Å²) in [6.45, 7) is 1.18. The number of carbonyl (C=O) groups is 2. The van der Waals surface area contributed by atoms with Gasteiger partial charge in [-0.15, -0.1) is 0 Å². The fourth-order valence-electron chi connectivity index (χ4n) is 3.12. The number of para-hydroxylation sites is 1. The summed E-state index contributed by atoms with van der Waals surface area (Å²) in [4.78, 5) is 24.3. The number of hydrogen-bond donors (Lipinski definition) is 4. The van der Waals surface area contributed by atoms with Gasteiger partial charge >= 0.3 is 0 Å². The zero-order valence-electron chi connectivity index (χ0n) is 14.1. The van der Waals surface area contributed by atoms with Crippen molar-refractivity contribution in [2.45, 2.75) is 12.8 Å². The zero-order valence-corrected chi connectivity index (χ0v) is 14.1. The monoisotopic (exact) mass is 349 g/mol. The predicted octanol–water partition coefficient (Wildman–Crippen LogP) is 2.29. The minimum Gasteiger partial charge on any atom is -0.384 e. The first-order valence-corrected chi connectivity index (χ1v) is 8.59. The fraction of sp³-hybridized carbons (Fsp3) is 0.211. The van der Waals surface area contributed by atoms with E-state index in [2.05, 4.69) is 26.1 Å². The summed E-state index contributed by atoms with van der Waals surface area (Å²) < 4.78 is 0. The predicted molar refractivity (Wildman–Crippen MR) is 100 cm³/mol. The summed E-state index contributed by atoms with van der Waals surface area (Å²) in [5.41, 5.74) is 4.26. The van der Waals surface area contributed by atoms with Gasteiger partial charge in [0.2, 0.25) is 5.91 Å². The third-order valence-electron chi connectivity index (χ3n) is 4.42. The molecule has 0 saturated heterocycles. The van der Waals surface area contributed by atoms with Crippen LogP contribution in [0.1, 0.15) is 22.5 Å². The zero-order chi connectivity index (χ0) is 17.9. The highest BCUT2D eigenvalue weighted by Gasteiger charge is 2.14. The smallest absolute Gasteiger partial charge is 0.272 e. The molecular weight excluding hydrogens is 330 g/mol. The van der Waals surface area contributed by atoms with Gasteiger partial charge in [-0.2, -0.15) is 5.10 Å². The molecule has 4 rings (SSSR count). The van der Waals surface area contributed by atoms with Crippen LogP contribution in [0.2, 0.25) is 0 Å². The number of nitrogens with zero attached hydrogens (tertiary/aromatic N) is 1. The Kier molecular flexibility index (Phi) is 4.27. The highest BCUT2D eigenvalue weighted by molar-refractivity contribution is 6.04. The van der Waals surface area contributed by atoms with E-state index in [1.54, 1.807) is 0 Å². The van der Waals surface area contributed by atoms with Crippen LogP contribution in [0.3, 0.4) is 0 Å². The molecule has 1 aromatic heterocycles. The second-order valence-corrected chi connectivity index (χ2v) is 6.22. The number of hydrogen-bond acceptors (Lipinski definition) is 4. The number of aromatic amines is 1. The van der Waals surface area contributed by atoms with Crippen LogP contribution in [-0.4, -0.2) is 35.1 Å². The van der Waals surface area contributed by atoms with Gasteiger partial charge in [0, 0.05) is 36.3 Å². The number of amides is 2. The lowest BCUT2D eigenvalue weighted by Gasteiger charge is -2.08. The molecule has 0 aliphatic carbocycles. The Bertz CT molecular complexity index is 979. The lowest BCUT2D eigenvalue weighted by atomic mass is 10.1. The van der Waals surface area contributed by atoms with Gasteiger partial charge in [0.15, 0.2) is 5.69 Å². The van der Waals surface area contributed by atoms with Crippen molar-refractivity contribution in [2.75, 3.05) is 23.7 Å². The normalized spacial score (nSPS) is 12.5. The molecule has 0 bridgehead atoms. The number of benzene rings is 2. The summed E-state index contributed by atoms with van der Waals surface area (Å²) in [7, 11) is 0. The SMILES string of the molecule is O=C(CCNC(=O)c1n[nH]c2ccccc12)Nc1ccc2c(c1)CCN2. The number of carbonyl (C=O) groups excluding carboxylic acids is 2. The van der Waals surface area contributed by atoms with Gasteiger partial charge in [0.1, 0.15) is 0 Å². The quantitative estimate of drug-likeness (QED) is 0.568. The molecule has 0 unspecified atom stereocenters. The van der Waals surface area contributed by atoms with Crippen LogP contribution in [0.25, 0.3) is 10.9 Å². The van der Waals surface area contributed by atoms with Gasteiger partial charge < -0.3 is 16.0 Å². The molecule has 0 saturated carbocycles. The molecule has 0 atom stereocenters. The molecule has 2 amide bonds. The summed E-state index contributed by atoms with van der Waals surface area (Å²) in [5, 5.41) is 16.5. The highest BCUT2D eigenvalue weighted by atomic mass is 16.2. The van der Waals surface area contributed by atoms with E-state index in [1.807, 2.05) is 42.5 Å². The molecule has 2 aromatic carbocycles. The Morgan fingerprint density at radius 1 is 1.15 bits per heavy atom. The Morgan fingerprint density at radius 2 is 2.04 bits per heavy atom. The van der Waals surface area contributed by atoms with Gasteiger partial charge in [-0.05, 0) is 36.2 Å². The minimum atomic E-state index is -0.293. The van der Waals surface area contributed by atoms with Gasteiger partial charge in [-0.3, -0.25) is 14.7 Å². The number of nitrogens with one attached hydrogen (secondary N) is 4. The van der Waals surface area contributed by atoms with Crippen molar-refractivity contribution in [3.05, 3.63) is 53.7 Å². The molecule has 26 heavy (non-hydrogen) atoms. The molecule has 1 aliphatic heterocycles. The summed E-state index contributed by atoms with van der Waals surface area (Å²) >= 11 is 0. The van der Waals surface area contributed by atoms with E-state index in [4.69, 9.17) is 0 Å². The van der Waals surface area contributed by atoms with Crippen LogP contribution >= 0.6 is 0 Å². The molecule has 2 heterocycles. The molecule has 1 aliphatic rings. The Labute approximate surface area is 150 Å². The Morgan fingerprint density at radius 3 is 2.96 bits per heavy atom. The van der Waals surface area contributed by atoms with E-state index in [0.29, 0.717) is 5.69 Å². The first kappa shape index (κ1) is 16.1. The summed E-state index contributed by atoms with van der Waals surface area (Å²) in [6, 6.07) is 13.3. The lowest BCUT2D eigenvalue weighted by molar-refractivity contribution is -0.116. The molecule has 7 heteroatoms. The van der Waals surface area contributed by atoms with Gasteiger partial charge in [-0.1, -0.05) is 18.2 Å². The lowest BCUT2D eigenvalue weighted by Crippen LogP contribution is -2.28. The standard InChI is InChI=1S/C19H19N5O2/c25-17(22-13-5-6-15-12(11-13)7-9-20-15)8-10-21-19(26)18-14-3-1-2-4-16(14)23-24-18/h1-6,11,20H,7-10H2,(H,21,26)(H,22,25)(H,23,24). The van der Waals surface area contributed by atoms with Crippen LogP contribution in [0.15, 0.2) is 42.5 Å². The van der Waals surface area contributed by atoms with Crippen molar-refractivity contribution < 1.29 is 9.59 Å². The van der Waals surface area contributed by atoms with Gasteiger partial charge in [0.05, 0.1) is 5.52 Å². The van der Waals surface area contributed by atoms with Crippen molar-refractivity contribution in [3.63, 3.8) is 0 Å². The van der Waals surface area contributed by atoms with Crippen molar-refractivity contribution >= 4 is 34.1 Å². The summed E-state index contributed by atoms with van der Waals surface area (Å²) in [6.07, 6.45) is 1.16. The van der Waals surface area contributed by atoms with Crippen molar-refractivity contribution in [1.82, 2.24) is 15.5 Å². The molecule has 4 N–H and O–H groups in total. The van der Waals surface area contributed by atoms with Crippen LogP contribution < -0.4 is 16.0 Å². The maximum Gasteiger partial charge on any atom is 0.272 e. The Balaban J connectivity index is 1.30.